The van der Waals surface area contributed by atoms with Crippen LogP contribution in [0.1, 0.15) is 30.5 Å². The van der Waals surface area contributed by atoms with Gasteiger partial charge in [0.05, 0.1) is 6.04 Å². The van der Waals surface area contributed by atoms with Gasteiger partial charge in [-0.1, -0.05) is 37.6 Å². The number of benzene rings is 1. The first-order chi connectivity index (χ1) is 8.32. The molecule has 0 heterocycles. The number of hydrogen-bond acceptors (Lipinski definition) is 2. The molecule has 0 saturated carbocycles. The fourth-order valence-corrected chi connectivity index (χ4v) is 1.84. The van der Waals surface area contributed by atoms with Crippen molar-refractivity contribution in [1.29, 1.82) is 0 Å². The minimum absolute atomic E-state index is 0.00547. The second-order valence-corrected chi connectivity index (χ2v) is 5.39. The van der Waals surface area contributed by atoms with Crippen LogP contribution in [0.3, 0.4) is 0 Å². The van der Waals surface area contributed by atoms with Crippen LogP contribution in [0.25, 0.3) is 0 Å². The quantitative estimate of drug-likeness (QED) is 0.888. The van der Waals surface area contributed by atoms with Gasteiger partial charge < -0.3 is 10.6 Å². The molecule has 18 heavy (non-hydrogen) atoms. The van der Waals surface area contributed by atoms with E-state index in [1.165, 1.54) is 16.7 Å². The smallest absolute Gasteiger partial charge is 0.239 e. The Bertz CT molecular complexity index is 427. The fourth-order valence-electron chi connectivity index (χ4n) is 1.84. The number of likely N-dealkylation sites (N-methyl/N-ethyl adjacent to an activating group) is 1. The molecule has 0 aliphatic carbocycles. The first-order valence-electron chi connectivity index (χ1n) is 6.39. The average Bonchev–Trinajstić information content (AvgIpc) is 2.31. The molecule has 0 aliphatic rings. The summed E-state index contributed by atoms with van der Waals surface area (Å²) in [5.41, 5.74) is 9.49. The Hall–Kier alpha value is -1.35. The minimum Gasteiger partial charge on any atom is -0.340 e. The maximum atomic E-state index is 12.1. The van der Waals surface area contributed by atoms with E-state index in [0.29, 0.717) is 6.54 Å². The number of rotatable bonds is 4. The van der Waals surface area contributed by atoms with Crippen molar-refractivity contribution in [2.75, 3.05) is 7.05 Å². The van der Waals surface area contributed by atoms with Crippen molar-refractivity contribution >= 4 is 5.91 Å². The molecule has 1 rings (SSSR count). The highest BCUT2D eigenvalue weighted by atomic mass is 16.2. The predicted octanol–water partition coefficient (Wildman–Crippen LogP) is 2.25. The van der Waals surface area contributed by atoms with E-state index in [1.807, 2.05) is 20.9 Å². The summed E-state index contributed by atoms with van der Waals surface area (Å²) >= 11 is 0. The van der Waals surface area contributed by atoms with Crippen molar-refractivity contribution in [3.05, 3.63) is 34.9 Å². The van der Waals surface area contributed by atoms with Crippen molar-refractivity contribution in [3.8, 4) is 0 Å². The number of aryl methyl sites for hydroxylation is 2. The topological polar surface area (TPSA) is 46.3 Å². The fraction of sp³-hybridized carbons (Fsp3) is 0.533. The molecule has 1 aromatic rings. The number of hydrogen-bond donors (Lipinski definition) is 1. The summed E-state index contributed by atoms with van der Waals surface area (Å²) in [4.78, 5) is 13.8. The molecular formula is C15H24N2O. The molecule has 2 N–H and O–H groups in total. The first kappa shape index (κ1) is 14.7. The average molecular weight is 248 g/mol. The number of nitrogens with zero attached hydrogens (tertiary/aromatic N) is 1. The maximum Gasteiger partial charge on any atom is 0.239 e. The zero-order valence-electron chi connectivity index (χ0n) is 12.0. The molecule has 0 fully saturated rings. The lowest BCUT2D eigenvalue weighted by atomic mass is 10.0. The molecule has 0 aliphatic heterocycles. The molecule has 1 atom stereocenters. The van der Waals surface area contributed by atoms with Gasteiger partial charge in [-0.15, -0.1) is 0 Å². The van der Waals surface area contributed by atoms with Crippen LogP contribution in [0.2, 0.25) is 0 Å². The third kappa shape index (κ3) is 3.57. The Kier molecular flexibility index (Phi) is 4.91. The van der Waals surface area contributed by atoms with Crippen LogP contribution in [0.15, 0.2) is 18.2 Å². The summed E-state index contributed by atoms with van der Waals surface area (Å²) in [6.07, 6.45) is 0. The van der Waals surface area contributed by atoms with Crippen LogP contribution in [-0.4, -0.2) is 23.9 Å². The summed E-state index contributed by atoms with van der Waals surface area (Å²) in [5, 5.41) is 0. The maximum absolute atomic E-state index is 12.1. The predicted molar refractivity (Wildman–Crippen MR) is 75.2 cm³/mol. The van der Waals surface area contributed by atoms with Crippen molar-refractivity contribution in [1.82, 2.24) is 4.90 Å². The number of amides is 1. The lowest BCUT2D eigenvalue weighted by Gasteiger charge is -2.24. The number of carbonyl (C=O) groups excluding carboxylic acids is 1. The molecule has 1 unspecified atom stereocenters. The molecule has 0 bridgehead atoms. The van der Waals surface area contributed by atoms with Crippen molar-refractivity contribution in [2.24, 2.45) is 11.7 Å². The van der Waals surface area contributed by atoms with E-state index in [4.69, 9.17) is 5.73 Å². The van der Waals surface area contributed by atoms with E-state index in [1.54, 1.807) is 4.90 Å². The normalized spacial score (nSPS) is 12.6. The van der Waals surface area contributed by atoms with Crippen molar-refractivity contribution in [3.63, 3.8) is 0 Å². The van der Waals surface area contributed by atoms with Gasteiger partial charge in [-0.05, 0) is 30.9 Å². The Morgan fingerprint density at radius 3 is 2.50 bits per heavy atom. The van der Waals surface area contributed by atoms with E-state index in [2.05, 4.69) is 32.0 Å². The monoisotopic (exact) mass is 248 g/mol. The SMILES string of the molecule is Cc1ccc(C)c(CN(C)C(=O)C(N)C(C)C)c1. The summed E-state index contributed by atoms with van der Waals surface area (Å²) in [5.74, 6) is 0.171. The van der Waals surface area contributed by atoms with Gasteiger partial charge in [-0.25, -0.2) is 0 Å². The largest absolute Gasteiger partial charge is 0.340 e. The van der Waals surface area contributed by atoms with Crippen molar-refractivity contribution < 1.29 is 4.79 Å². The van der Waals surface area contributed by atoms with Gasteiger partial charge in [0.15, 0.2) is 0 Å². The van der Waals surface area contributed by atoms with Crippen LogP contribution in [0.4, 0.5) is 0 Å². The molecule has 0 spiro atoms. The lowest BCUT2D eigenvalue weighted by Crippen LogP contribution is -2.44. The Balaban J connectivity index is 2.78. The highest BCUT2D eigenvalue weighted by molar-refractivity contribution is 5.81. The highest BCUT2D eigenvalue weighted by Gasteiger charge is 2.21. The van der Waals surface area contributed by atoms with Crippen LogP contribution < -0.4 is 5.73 Å². The third-order valence-corrected chi connectivity index (χ3v) is 3.29. The molecule has 1 amide bonds. The molecular weight excluding hydrogens is 224 g/mol. The minimum atomic E-state index is -0.417. The van der Waals surface area contributed by atoms with Crippen molar-refractivity contribution in [2.45, 2.75) is 40.3 Å². The van der Waals surface area contributed by atoms with Crippen LogP contribution in [0, 0.1) is 19.8 Å². The Morgan fingerprint density at radius 1 is 1.33 bits per heavy atom. The van der Waals surface area contributed by atoms with Gasteiger partial charge in [0.2, 0.25) is 5.91 Å². The van der Waals surface area contributed by atoms with Gasteiger partial charge in [-0.2, -0.15) is 0 Å². The van der Waals surface area contributed by atoms with Gasteiger partial charge in [0, 0.05) is 13.6 Å². The van der Waals surface area contributed by atoms with Crippen LogP contribution in [0.5, 0.6) is 0 Å². The highest BCUT2D eigenvalue weighted by Crippen LogP contribution is 2.13. The number of carbonyl (C=O) groups is 1. The van der Waals surface area contributed by atoms with E-state index < -0.39 is 6.04 Å². The second kappa shape index (κ2) is 6.01. The van der Waals surface area contributed by atoms with Gasteiger partial charge in [0.1, 0.15) is 0 Å². The van der Waals surface area contributed by atoms with E-state index in [-0.39, 0.29) is 11.8 Å². The molecule has 3 heteroatoms. The molecule has 0 aromatic heterocycles. The van der Waals surface area contributed by atoms with Gasteiger partial charge >= 0.3 is 0 Å². The van der Waals surface area contributed by atoms with Crippen LogP contribution >= 0.6 is 0 Å². The molecule has 1 aromatic carbocycles. The van der Waals surface area contributed by atoms with E-state index in [9.17, 15) is 4.79 Å². The van der Waals surface area contributed by atoms with Crippen LogP contribution in [-0.2, 0) is 11.3 Å². The summed E-state index contributed by atoms with van der Waals surface area (Å²) < 4.78 is 0. The zero-order chi connectivity index (χ0) is 13.9. The number of nitrogens with two attached hydrogens (primary N) is 1. The van der Waals surface area contributed by atoms with E-state index in [0.717, 1.165) is 0 Å². The van der Waals surface area contributed by atoms with Gasteiger partial charge in [0.25, 0.3) is 0 Å². The lowest BCUT2D eigenvalue weighted by molar-refractivity contribution is -0.132. The zero-order valence-corrected chi connectivity index (χ0v) is 12.0. The van der Waals surface area contributed by atoms with E-state index >= 15 is 0 Å². The summed E-state index contributed by atoms with van der Waals surface area (Å²) in [6.45, 7) is 8.68. The standard InChI is InChI=1S/C15H24N2O/c1-10(2)14(16)15(18)17(5)9-13-8-11(3)6-7-12(13)4/h6-8,10,14H,9,16H2,1-5H3. The summed E-state index contributed by atoms with van der Waals surface area (Å²) in [7, 11) is 1.81. The second-order valence-electron chi connectivity index (χ2n) is 5.39. The Morgan fingerprint density at radius 2 is 1.94 bits per heavy atom. The molecule has 0 radical (unpaired) electrons. The third-order valence-electron chi connectivity index (χ3n) is 3.29. The first-order valence-corrected chi connectivity index (χ1v) is 6.39. The molecule has 3 nitrogen and oxygen atoms in total. The summed E-state index contributed by atoms with van der Waals surface area (Å²) in [6, 6.07) is 5.88. The van der Waals surface area contributed by atoms with Gasteiger partial charge in [-0.3, -0.25) is 4.79 Å². The Labute approximate surface area is 110 Å². The molecule has 0 saturated heterocycles. The molecule has 100 valence electrons.